The van der Waals surface area contributed by atoms with Gasteiger partial charge in [-0.25, -0.2) is 0 Å². The summed E-state index contributed by atoms with van der Waals surface area (Å²) < 4.78 is 0. The zero-order valence-corrected chi connectivity index (χ0v) is 12.9. The molecule has 2 atom stereocenters. The van der Waals surface area contributed by atoms with Gasteiger partial charge in [0.05, 0.1) is 10.7 Å². The first-order chi connectivity index (χ1) is 9.11. The van der Waals surface area contributed by atoms with E-state index in [1.165, 1.54) is 5.56 Å². The molecule has 0 fully saturated rings. The van der Waals surface area contributed by atoms with E-state index < -0.39 is 0 Å². The second kappa shape index (κ2) is 6.36. The van der Waals surface area contributed by atoms with Crippen LogP contribution in [0.2, 0.25) is 5.02 Å². The van der Waals surface area contributed by atoms with Gasteiger partial charge in [0.1, 0.15) is 6.29 Å². The topological polar surface area (TPSA) is 17.1 Å². The maximum absolute atomic E-state index is 11.4. The van der Waals surface area contributed by atoms with Crippen LogP contribution in [0.1, 0.15) is 27.4 Å². The number of hydrogen-bond donors (Lipinski definition) is 0. The molecular weight excluding hydrogens is 324 g/mol. The Balaban J connectivity index is 2.28. The first-order valence-corrected chi connectivity index (χ1v) is 7.32. The van der Waals surface area contributed by atoms with Gasteiger partial charge in [0.25, 0.3) is 0 Å². The summed E-state index contributed by atoms with van der Waals surface area (Å²) in [7, 11) is 0. The SMILES string of the molecule is Cc1ccc(C(Br)C(C=O)c2ccc(Cl)cc2)cc1. The number of carbonyl (C=O) groups excluding carboxylic acids is 1. The monoisotopic (exact) mass is 336 g/mol. The van der Waals surface area contributed by atoms with E-state index in [1.54, 1.807) is 0 Å². The number of alkyl halides is 1. The van der Waals surface area contributed by atoms with Gasteiger partial charge < -0.3 is 4.79 Å². The van der Waals surface area contributed by atoms with Crippen LogP contribution in [-0.4, -0.2) is 6.29 Å². The lowest BCUT2D eigenvalue weighted by molar-refractivity contribution is -0.109. The van der Waals surface area contributed by atoms with Crippen LogP contribution < -0.4 is 0 Å². The van der Waals surface area contributed by atoms with Gasteiger partial charge in [-0.2, -0.15) is 0 Å². The van der Waals surface area contributed by atoms with Crippen molar-refractivity contribution < 1.29 is 4.79 Å². The smallest absolute Gasteiger partial charge is 0.128 e. The lowest BCUT2D eigenvalue weighted by Gasteiger charge is -2.18. The molecule has 98 valence electrons. The highest BCUT2D eigenvalue weighted by molar-refractivity contribution is 9.09. The number of rotatable bonds is 4. The molecule has 0 aliphatic rings. The normalized spacial score (nSPS) is 13.8. The van der Waals surface area contributed by atoms with Crippen LogP contribution in [-0.2, 0) is 4.79 Å². The lowest BCUT2D eigenvalue weighted by Crippen LogP contribution is -2.07. The molecule has 0 saturated carbocycles. The van der Waals surface area contributed by atoms with E-state index in [9.17, 15) is 4.79 Å². The summed E-state index contributed by atoms with van der Waals surface area (Å²) in [6.45, 7) is 2.05. The zero-order chi connectivity index (χ0) is 13.8. The van der Waals surface area contributed by atoms with Crippen molar-refractivity contribution in [1.29, 1.82) is 0 Å². The Hall–Kier alpha value is -1.12. The predicted molar refractivity (Wildman–Crippen MR) is 83.1 cm³/mol. The quantitative estimate of drug-likeness (QED) is 0.562. The molecule has 0 bridgehead atoms. The molecule has 0 aliphatic heterocycles. The van der Waals surface area contributed by atoms with E-state index in [0.29, 0.717) is 5.02 Å². The molecule has 0 amide bonds. The molecule has 0 aromatic heterocycles. The third-order valence-corrected chi connectivity index (χ3v) is 4.46. The van der Waals surface area contributed by atoms with Gasteiger partial charge >= 0.3 is 0 Å². The number of aryl methyl sites for hydroxylation is 1. The second-order valence-corrected chi connectivity index (χ2v) is 5.95. The zero-order valence-electron chi connectivity index (χ0n) is 10.5. The van der Waals surface area contributed by atoms with E-state index in [-0.39, 0.29) is 10.7 Å². The minimum atomic E-state index is -0.222. The summed E-state index contributed by atoms with van der Waals surface area (Å²) in [5, 5.41) is 0.676. The molecule has 19 heavy (non-hydrogen) atoms. The van der Waals surface area contributed by atoms with Crippen LogP contribution in [0.15, 0.2) is 48.5 Å². The van der Waals surface area contributed by atoms with Gasteiger partial charge in [-0.3, -0.25) is 0 Å². The van der Waals surface area contributed by atoms with Gasteiger partial charge in [0.15, 0.2) is 0 Å². The maximum Gasteiger partial charge on any atom is 0.128 e. The molecule has 0 aliphatic carbocycles. The lowest BCUT2D eigenvalue weighted by atomic mass is 9.93. The molecule has 0 heterocycles. The number of aldehydes is 1. The molecule has 2 aromatic rings. The van der Waals surface area contributed by atoms with Gasteiger partial charge in [0.2, 0.25) is 0 Å². The fourth-order valence-corrected chi connectivity index (χ4v) is 2.82. The molecule has 3 heteroatoms. The van der Waals surface area contributed by atoms with E-state index in [2.05, 4.69) is 15.9 Å². The standard InChI is InChI=1S/C16H14BrClO/c1-11-2-4-13(5-3-11)16(17)15(10-19)12-6-8-14(18)9-7-12/h2-10,15-16H,1H3. The molecule has 2 rings (SSSR count). The van der Waals surface area contributed by atoms with Gasteiger partial charge in [0, 0.05) is 5.02 Å². The van der Waals surface area contributed by atoms with Crippen LogP contribution >= 0.6 is 27.5 Å². The average Bonchev–Trinajstić information content (AvgIpc) is 2.42. The van der Waals surface area contributed by atoms with E-state index in [4.69, 9.17) is 11.6 Å². The third-order valence-electron chi connectivity index (χ3n) is 3.11. The first-order valence-electron chi connectivity index (χ1n) is 6.03. The molecule has 0 radical (unpaired) electrons. The van der Waals surface area contributed by atoms with Gasteiger partial charge in [-0.1, -0.05) is 69.5 Å². The van der Waals surface area contributed by atoms with Crippen molar-refractivity contribution in [2.24, 2.45) is 0 Å². The largest absolute Gasteiger partial charge is 0.303 e. The van der Waals surface area contributed by atoms with Crippen molar-refractivity contribution in [1.82, 2.24) is 0 Å². The van der Waals surface area contributed by atoms with Crippen LogP contribution in [0.5, 0.6) is 0 Å². The first kappa shape index (κ1) is 14.3. The Labute approximate surface area is 126 Å². The molecule has 0 saturated heterocycles. The maximum atomic E-state index is 11.4. The Morgan fingerprint density at radius 2 is 1.53 bits per heavy atom. The van der Waals surface area contributed by atoms with Crippen molar-refractivity contribution in [3.8, 4) is 0 Å². The summed E-state index contributed by atoms with van der Waals surface area (Å²) in [6.07, 6.45) is 0.975. The molecule has 2 aromatic carbocycles. The van der Waals surface area contributed by atoms with E-state index in [1.807, 2.05) is 55.5 Å². The highest BCUT2D eigenvalue weighted by Gasteiger charge is 2.21. The van der Waals surface area contributed by atoms with E-state index >= 15 is 0 Å². The summed E-state index contributed by atoms with van der Waals surface area (Å²) in [5.74, 6) is -0.222. The van der Waals surface area contributed by atoms with Crippen LogP contribution in [0.25, 0.3) is 0 Å². The molecular formula is C16H14BrClO. The molecule has 0 N–H and O–H groups in total. The Kier molecular flexibility index (Phi) is 4.78. The number of hydrogen-bond acceptors (Lipinski definition) is 1. The van der Waals surface area contributed by atoms with Crippen molar-refractivity contribution in [3.63, 3.8) is 0 Å². The highest BCUT2D eigenvalue weighted by atomic mass is 79.9. The summed E-state index contributed by atoms with van der Waals surface area (Å²) in [6, 6.07) is 15.6. The fraction of sp³-hybridized carbons (Fsp3) is 0.188. The summed E-state index contributed by atoms with van der Waals surface area (Å²) in [4.78, 5) is 11.4. The average molecular weight is 338 g/mol. The minimum Gasteiger partial charge on any atom is -0.303 e. The predicted octanol–water partition coefficient (Wildman–Crippen LogP) is 5.07. The van der Waals surface area contributed by atoms with Crippen molar-refractivity contribution in [3.05, 3.63) is 70.2 Å². The van der Waals surface area contributed by atoms with Crippen LogP contribution in [0, 0.1) is 6.92 Å². The molecule has 0 spiro atoms. The Morgan fingerprint density at radius 3 is 2.05 bits per heavy atom. The van der Waals surface area contributed by atoms with Crippen molar-refractivity contribution >= 4 is 33.8 Å². The third kappa shape index (κ3) is 3.46. The van der Waals surface area contributed by atoms with Gasteiger partial charge in [-0.15, -0.1) is 0 Å². The highest BCUT2D eigenvalue weighted by Crippen LogP contribution is 2.37. The van der Waals surface area contributed by atoms with E-state index in [0.717, 1.165) is 17.4 Å². The molecule has 2 unspecified atom stereocenters. The van der Waals surface area contributed by atoms with Crippen molar-refractivity contribution in [2.75, 3.05) is 0 Å². The minimum absolute atomic E-state index is 0.0354. The van der Waals surface area contributed by atoms with Crippen LogP contribution in [0.4, 0.5) is 0 Å². The van der Waals surface area contributed by atoms with Crippen LogP contribution in [0.3, 0.4) is 0 Å². The number of halogens is 2. The Morgan fingerprint density at radius 1 is 1.00 bits per heavy atom. The Bertz CT molecular complexity index is 548. The number of benzene rings is 2. The number of carbonyl (C=O) groups is 1. The second-order valence-electron chi connectivity index (χ2n) is 4.53. The van der Waals surface area contributed by atoms with Gasteiger partial charge in [-0.05, 0) is 30.2 Å². The fourth-order valence-electron chi connectivity index (χ4n) is 1.96. The summed E-state index contributed by atoms with van der Waals surface area (Å²) >= 11 is 9.50. The van der Waals surface area contributed by atoms with Crippen molar-refractivity contribution in [2.45, 2.75) is 17.7 Å². The summed E-state index contributed by atoms with van der Waals surface area (Å²) in [5.41, 5.74) is 3.26. The molecule has 1 nitrogen and oxygen atoms in total.